The van der Waals surface area contributed by atoms with Crippen LogP contribution in [0, 0.1) is 0 Å². The summed E-state index contributed by atoms with van der Waals surface area (Å²) < 4.78 is 16.3. The number of phenolic OH excluding ortho intramolecular Hbond substituents is 1. The number of nitrogens with one attached hydrogen (secondary N) is 3. The summed E-state index contributed by atoms with van der Waals surface area (Å²) in [5.41, 5.74) is 1.23. The van der Waals surface area contributed by atoms with Crippen LogP contribution in [0.5, 0.6) is 17.2 Å². The molecule has 0 radical (unpaired) electrons. The van der Waals surface area contributed by atoms with Crippen LogP contribution in [-0.4, -0.2) is 65.9 Å². The first-order chi connectivity index (χ1) is 16.8. The van der Waals surface area contributed by atoms with Gasteiger partial charge in [0.25, 0.3) is 5.91 Å². The maximum atomic E-state index is 12.5. The molecule has 2 aromatic rings. The monoisotopic (exact) mass is 487 g/mol. The number of hydrogen-bond acceptors (Lipinski definition) is 8. The Hall–Kier alpha value is -3.76. The summed E-state index contributed by atoms with van der Waals surface area (Å²) in [6, 6.07) is 4.82. The van der Waals surface area contributed by atoms with E-state index in [0.29, 0.717) is 30.1 Å². The normalized spacial score (nSPS) is 17.5. The number of aromatic hydroxyl groups is 1. The van der Waals surface area contributed by atoms with Gasteiger partial charge in [0.05, 0.1) is 12.7 Å². The molecule has 0 unspecified atom stereocenters. The number of rotatable bonds is 10. The maximum Gasteiger partial charge on any atom is 0.407 e. The molecule has 1 saturated carbocycles. The first kappa shape index (κ1) is 25.9. The number of nitrogens with zero attached hydrogens (tertiary/aromatic N) is 2. The summed E-state index contributed by atoms with van der Waals surface area (Å²) in [4.78, 5) is 28.4. The Morgan fingerprint density at radius 2 is 2.11 bits per heavy atom. The van der Waals surface area contributed by atoms with E-state index in [2.05, 4.69) is 25.8 Å². The third-order valence-corrected chi connectivity index (χ3v) is 5.46. The number of hydrogen-bond donors (Lipinski definition) is 4. The highest BCUT2D eigenvalue weighted by molar-refractivity contribution is 5.92. The van der Waals surface area contributed by atoms with Gasteiger partial charge in [-0.1, -0.05) is 0 Å². The number of methoxy groups -OCH3 is 1. The highest BCUT2D eigenvalue weighted by Crippen LogP contribution is 2.36. The summed E-state index contributed by atoms with van der Waals surface area (Å²) in [5.74, 6) is 0.716. The zero-order chi connectivity index (χ0) is 25.4. The molecule has 1 aromatic heterocycles. The summed E-state index contributed by atoms with van der Waals surface area (Å²) in [7, 11) is 1.47. The van der Waals surface area contributed by atoms with Crippen molar-refractivity contribution in [2.24, 2.45) is 4.99 Å². The number of phenols is 1. The van der Waals surface area contributed by atoms with Crippen molar-refractivity contribution in [2.75, 3.05) is 25.6 Å². The molecule has 0 spiro atoms. The van der Waals surface area contributed by atoms with Crippen LogP contribution in [0.3, 0.4) is 0 Å². The van der Waals surface area contributed by atoms with E-state index in [9.17, 15) is 14.7 Å². The number of amides is 2. The lowest BCUT2D eigenvalue weighted by Gasteiger charge is -2.14. The second-order valence-electron chi connectivity index (χ2n) is 8.57. The van der Waals surface area contributed by atoms with Crippen molar-refractivity contribution in [3.05, 3.63) is 29.5 Å². The van der Waals surface area contributed by atoms with Gasteiger partial charge in [0.2, 0.25) is 0 Å². The maximum absolute atomic E-state index is 12.5. The molecule has 3 rings (SSSR count). The number of aromatic amines is 1. The summed E-state index contributed by atoms with van der Waals surface area (Å²) >= 11 is 0. The number of ether oxygens (including phenoxy) is 3. The number of aliphatic imine (C=N–C) groups is 1. The van der Waals surface area contributed by atoms with E-state index in [1.54, 1.807) is 12.1 Å². The Morgan fingerprint density at radius 3 is 2.83 bits per heavy atom. The molecule has 2 atom stereocenters. The molecular weight excluding hydrogens is 454 g/mol. The molecule has 4 N–H and O–H groups in total. The first-order valence-corrected chi connectivity index (χ1v) is 11.6. The van der Waals surface area contributed by atoms with Crippen molar-refractivity contribution < 1.29 is 28.9 Å². The number of H-pyrrole nitrogens is 1. The minimum atomic E-state index is -0.415. The Labute approximate surface area is 204 Å². The number of carbonyl (C=O) groups is 2. The van der Waals surface area contributed by atoms with E-state index in [4.69, 9.17) is 14.2 Å². The standard InChI is InChI=1S/C24H33N5O6/c1-5-25-12-18-20(30)9-17(33-4)10-21(18)34-13-23(31)27-22-11-19(28-29-22)15-6-7-16(8-15)35-24(32)26-14(2)3/h9-12,14-16,30H,5-8,13H2,1-4H3,(H,26,32)(H2,27,28,29,31)/t15-,16+/m0/s1. The van der Waals surface area contributed by atoms with Crippen molar-refractivity contribution in [2.45, 2.75) is 58.1 Å². The molecular formula is C24H33N5O6. The largest absolute Gasteiger partial charge is 0.507 e. The topological polar surface area (TPSA) is 147 Å². The van der Waals surface area contributed by atoms with Crippen LogP contribution in [0.15, 0.2) is 23.2 Å². The molecule has 35 heavy (non-hydrogen) atoms. The van der Waals surface area contributed by atoms with Gasteiger partial charge in [-0.2, -0.15) is 5.10 Å². The lowest BCUT2D eigenvalue weighted by molar-refractivity contribution is -0.118. The quantitative estimate of drug-likeness (QED) is 0.376. The SMILES string of the molecule is CCN=Cc1c(O)cc(OC)cc1OCC(=O)Nc1cc([C@H]2CC[C@@H](OC(=O)NC(C)C)C2)[nH]n1. The van der Waals surface area contributed by atoms with Crippen molar-refractivity contribution in [3.8, 4) is 17.2 Å². The average molecular weight is 488 g/mol. The first-order valence-electron chi connectivity index (χ1n) is 11.6. The van der Waals surface area contributed by atoms with Crippen molar-refractivity contribution in [3.63, 3.8) is 0 Å². The van der Waals surface area contributed by atoms with E-state index < -0.39 is 12.0 Å². The van der Waals surface area contributed by atoms with Crippen LogP contribution in [-0.2, 0) is 9.53 Å². The van der Waals surface area contributed by atoms with Gasteiger partial charge >= 0.3 is 6.09 Å². The molecule has 11 nitrogen and oxygen atoms in total. The highest BCUT2D eigenvalue weighted by atomic mass is 16.6. The lowest BCUT2D eigenvalue weighted by atomic mass is 10.0. The van der Waals surface area contributed by atoms with Gasteiger partial charge in [-0.05, 0) is 40.0 Å². The zero-order valence-corrected chi connectivity index (χ0v) is 20.5. The molecule has 1 aliphatic rings. The minimum Gasteiger partial charge on any atom is -0.507 e. The van der Waals surface area contributed by atoms with Crippen LogP contribution in [0.25, 0.3) is 0 Å². The van der Waals surface area contributed by atoms with Crippen molar-refractivity contribution in [1.29, 1.82) is 0 Å². The molecule has 2 amide bonds. The van der Waals surface area contributed by atoms with Crippen LogP contribution in [0.2, 0.25) is 0 Å². The number of carbonyl (C=O) groups excluding carboxylic acids is 2. The number of aromatic nitrogens is 2. The van der Waals surface area contributed by atoms with E-state index in [-0.39, 0.29) is 36.2 Å². The molecule has 11 heteroatoms. The van der Waals surface area contributed by atoms with Gasteiger partial charge in [0, 0.05) is 48.6 Å². The lowest BCUT2D eigenvalue weighted by Crippen LogP contribution is -2.33. The van der Waals surface area contributed by atoms with Gasteiger partial charge < -0.3 is 30.0 Å². The fourth-order valence-electron chi connectivity index (χ4n) is 3.82. The van der Waals surface area contributed by atoms with Gasteiger partial charge in [-0.3, -0.25) is 14.9 Å². The predicted octanol–water partition coefficient (Wildman–Crippen LogP) is 3.35. The highest BCUT2D eigenvalue weighted by Gasteiger charge is 2.30. The Morgan fingerprint density at radius 1 is 1.31 bits per heavy atom. The van der Waals surface area contributed by atoms with E-state index >= 15 is 0 Å². The third-order valence-electron chi connectivity index (χ3n) is 5.46. The molecule has 1 aliphatic carbocycles. The second-order valence-corrected chi connectivity index (χ2v) is 8.57. The van der Waals surface area contributed by atoms with Crippen molar-refractivity contribution in [1.82, 2.24) is 15.5 Å². The van der Waals surface area contributed by atoms with Gasteiger partial charge in [0.15, 0.2) is 12.4 Å². The van der Waals surface area contributed by atoms with E-state index in [0.717, 1.165) is 18.5 Å². The molecule has 1 heterocycles. The number of anilines is 1. The van der Waals surface area contributed by atoms with Crippen molar-refractivity contribution >= 4 is 24.0 Å². The molecule has 0 saturated heterocycles. The molecule has 190 valence electrons. The van der Waals surface area contributed by atoms with Gasteiger partial charge in [-0.25, -0.2) is 4.79 Å². The van der Waals surface area contributed by atoms with Crippen LogP contribution in [0.4, 0.5) is 10.6 Å². The fraction of sp³-hybridized carbons (Fsp3) is 0.500. The Kier molecular flexibility index (Phi) is 8.93. The average Bonchev–Trinajstić information content (AvgIpc) is 3.45. The second kappa shape index (κ2) is 12.1. The van der Waals surface area contributed by atoms with Gasteiger partial charge in [-0.15, -0.1) is 0 Å². The van der Waals surface area contributed by atoms with Crippen LogP contribution in [0.1, 0.15) is 57.2 Å². The zero-order valence-electron chi connectivity index (χ0n) is 20.5. The Bertz CT molecular complexity index is 1050. The van der Waals surface area contributed by atoms with Crippen LogP contribution < -0.4 is 20.1 Å². The number of benzene rings is 1. The smallest absolute Gasteiger partial charge is 0.407 e. The molecule has 0 bridgehead atoms. The Balaban J connectivity index is 1.54. The third kappa shape index (κ3) is 7.36. The molecule has 1 fully saturated rings. The molecule has 0 aliphatic heterocycles. The fourth-order valence-corrected chi connectivity index (χ4v) is 3.82. The van der Waals surface area contributed by atoms with E-state index in [1.165, 1.54) is 19.4 Å². The summed E-state index contributed by atoms with van der Waals surface area (Å²) in [6.07, 6.45) is 3.23. The minimum absolute atomic E-state index is 0.0214. The van der Waals surface area contributed by atoms with Crippen LogP contribution >= 0.6 is 0 Å². The predicted molar refractivity (Wildman–Crippen MR) is 131 cm³/mol. The van der Waals surface area contributed by atoms with E-state index in [1.807, 2.05) is 20.8 Å². The number of alkyl carbamates (subject to hydrolysis) is 1. The summed E-state index contributed by atoms with van der Waals surface area (Å²) in [6.45, 7) is 5.86. The summed E-state index contributed by atoms with van der Waals surface area (Å²) in [5, 5.41) is 22.8. The molecule has 1 aromatic carbocycles. The van der Waals surface area contributed by atoms with Gasteiger partial charge in [0.1, 0.15) is 23.4 Å².